The maximum atomic E-state index is 5.54. The predicted octanol–water partition coefficient (Wildman–Crippen LogP) is 0.128. The Balaban J connectivity index is 1.88. The summed E-state index contributed by atoms with van der Waals surface area (Å²) >= 11 is 0. The summed E-state index contributed by atoms with van der Waals surface area (Å²) < 4.78 is 1.75. The van der Waals surface area contributed by atoms with Crippen LogP contribution in [0.15, 0.2) is 6.20 Å². The summed E-state index contributed by atoms with van der Waals surface area (Å²) in [7, 11) is 1.90. The van der Waals surface area contributed by atoms with Crippen LogP contribution in [0.1, 0.15) is 25.0 Å². The number of nitrogens with two attached hydrogens (primary N) is 1. The molecule has 5 heteroatoms. The highest BCUT2D eigenvalue weighted by Gasteiger charge is 2.28. The molecule has 0 aromatic carbocycles. The number of aryl methyl sites for hydroxylation is 1. The lowest BCUT2D eigenvalue weighted by Crippen LogP contribution is -2.28. The molecule has 1 aliphatic carbocycles. The first-order valence-corrected chi connectivity index (χ1v) is 5.59. The molecule has 0 spiro atoms. The standard InChI is InChI=1S/C10H19N5/c1-14-7-9(12-13-14)8-15(6-2-5-11)10-3-4-10/h7,10H,2-6,8,11H2,1H3. The van der Waals surface area contributed by atoms with Gasteiger partial charge in [-0.3, -0.25) is 9.58 Å². The second-order valence-electron chi connectivity index (χ2n) is 4.23. The van der Waals surface area contributed by atoms with Crippen LogP contribution in [0.3, 0.4) is 0 Å². The van der Waals surface area contributed by atoms with E-state index in [1.54, 1.807) is 4.68 Å². The smallest absolute Gasteiger partial charge is 0.0967 e. The average molecular weight is 209 g/mol. The van der Waals surface area contributed by atoms with Crippen LogP contribution in [0.5, 0.6) is 0 Å². The summed E-state index contributed by atoms with van der Waals surface area (Å²) in [4.78, 5) is 2.47. The van der Waals surface area contributed by atoms with Crippen LogP contribution < -0.4 is 5.73 Å². The summed E-state index contributed by atoms with van der Waals surface area (Å²) in [6, 6.07) is 0.763. The Hall–Kier alpha value is -0.940. The Morgan fingerprint density at radius 3 is 2.93 bits per heavy atom. The van der Waals surface area contributed by atoms with E-state index in [1.807, 2.05) is 13.2 Å². The van der Waals surface area contributed by atoms with Crippen molar-refractivity contribution in [2.75, 3.05) is 13.1 Å². The number of hydrogen-bond donors (Lipinski definition) is 1. The lowest BCUT2D eigenvalue weighted by atomic mass is 10.3. The fraction of sp³-hybridized carbons (Fsp3) is 0.800. The van der Waals surface area contributed by atoms with Gasteiger partial charge in [-0.25, -0.2) is 0 Å². The molecule has 0 aliphatic heterocycles. The van der Waals surface area contributed by atoms with E-state index < -0.39 is 0 Å². The van der Waals surface area contributed by atoms with Crippen molar-refractivity contribution in [3.8, 4) is 0 Å². The molecule has 1 fully saturated rings. The molecule has 15 heavy (non-hydrogen) atoms. The second-order valence-corrected chi connectivity index (χ2v) is 4.23. The Labute approximate surface area is 90.2 Å². The van der Waals surface area contributed by atoms with Crippen molar-refractivity contribution in [3.05, 3.63) is 11.9 Å². The monoisotopic (exact) mass is 209 g/mol. The van der Waals surface area contributed by atoms with E-state index in [2.05, 4.69) is 15.2 Å². The largest absolute Gasteiger partial charge is 0.330 e. The molecule has 1 aromatic heterocycles. The lowest BCUT2D eigenvalue weighted by Gasteiger charge is -2.19. The van der Waals surface area contributed by atoms with Crippen LogP contribution in [0.2, 0.25) is 0 Å². The lowest BCUT2D eigenvalue weighted by molar-refractivity contribution is 0.250. The summed E-state index contributed by atoms with van der Waals surface area (Å²) in [6.45, 7) is 2.76. The summed E-state index contributed by atoms with van der Waals surface area (Å²) in [5.74, 6) is 0. The van der Waals surface area contributed by atoms with Crippen molar-refractivity contribution in [3.63, 3.8) is 0 Å². The molecule has 1 aromatic rings. The maximum Gasteiger partial charge on any atom is 0.0967 e. The molecule has 1 aliphatic rings. The second kappa shape index (κ2) is 4.72. The SMILES string of the molecule is Cn1cc(CN(CCCN)C2CC2)nn1. The van der Waals surface area contributed by atoms with Crippen molar-refractivity contribution in [1.82, 2.24) is 19.9 Å². The van der Waals surface area contributed by atoms with E-state index in [0.29, 0.717) is 0 Å². The maximum absolute atomic E-state index is 5.54. The first-order valence-electron chi connectivity index (χ1n) is 5.59. The molecule has 1 saturated carbocycles. The Kier molecular flexibility index (Phi) is 3.33. The molecule has 2 rings (SSSR count). The first-order chi connectivity index (χ1) is 7.29. The minimum absolute atomic E-state index is 0.763. The van der Waals surface area contributed by atoms with E-state index in [1.165, 1.54) is 12.8 Å². The van der Waals surface area contributed by atoms with Gasteiger partial charge in [-0.2, -0.15) is 0 Å². The van der Waals surface area contributed by atoms with E-state index in [-0.39, 0.29) is 0 Å². The van der Waals surface area contributed by atoms with Crippen LogP contribution >= 0.6 is 0 Å². The number of nitrogens with zero attached hydrogens (tertiary/aromatic N) is 4. The molecular formula is C10H19N5. The van der Waals surface area contributed by atoms with Crippen LogP contribution in [-0.4, -0.2) is 39.0 Å². The third-order valence-electron chi connectivity index (χ3n) is 2.73. The molecule has 0 amide bonds. The van der Waals surface area contributed by atoms with Crippen molar-refractivity contribution in [2.24, 2.45) is 12.8 Å². The zero-order valence-corrected chi connectivity index (χ0v) is 9.26. The molecule has 0 atom stereocenters. The van der Waals surface area contributed by atoms with Gasteiger partial charge in [-0.15, -0.1) is 5.10 Å². The minimum Gasteiger partial charge on any atom is -0.330 e. The fourth-order valence-corrected chi connectivity index (χ4v) is 1.80. The summed E-state index contributed by atoms with van der Waals surface area (Å²) in [5.41, 5.74) is 6.59. The number of rotatable bonds is 6. The van der Waals surface area contributed by atoms with Gasteiger partial charge < -0.3 is 5.73 Å². The van der Waals surface area contributed by atoms with Gasteiger partial charge in [0, 0.05) is 32.4 Å². The molecule has 0 bridgehead atoms. The summed E-state index contributed by atoms with van der Waals surface area (Å²) in [5, 5.41) is 8.06. The van der Waals surface area contributed by atoms with Gasteiger partial charge in [0.15, 0.2) is 0 Å². The topological polar surface area (TPSA) is 60.0 Å². The van der Waals surface area contributed by atoms with Gasteiger partial charge in [0.1, 0.15) is 0 Å². The molecular weight excluding hydrogens is 190 g/mol. The zero-order chi connectivity index (χ0) is 10.7. The first kappa shape index (κ1) is 10.6. The van der Waals surface area contributed by atoms with E-state index in [9.17, 15) is 0 Å². The number of hydrogen-bond acceptors (Lipinski definition) is 4. The third-order valence-corrected chi connectivity index (χ3v) is 2.73. The van der Waals surface area contributed by atoms with Crippen molar-refractivity contribution in [1.29, 1.82) is 0 Å². The van der Waals surface area contributed by atoms with Gasteiger partial charge >= 0.3 is 0 Å². The zero-order valence-electron chi connectivity index (χ0n) is 9.26. The molecule has 2 N–H and O–H groups in total. The van der Waals surface area contributed by atoms with Gasteiger partial charge in [0.2, 0.25) is 0 Å². The Bertz CT molecular complexity index is 305. The molecule has 0 unspecified atom stereocenters. The quantitative estimate of drug-likeness (QED) is 0.723. The van der Waals surface area contributed by atoms with Crippen LogP contribution in [0.25, 0.3) is 0 Å². The highest BCUT2D eigenvalue weighted by molar-refractivity contribution is 4.95. The number of aromatic nitrogens is 3. The fourth-order valence-electron chi connectivity index (χ4n) is 1.80. The molecule has 5 nitrogen and oxygen atoms in total. The summed E-state index contributed by atoms with van der Waals surface area (Å²) in [6.07, 6.45) is 5.70. The highest BCUT2D eigenvalue weighted by Crippen LogP contribution is 2.27. The van der Waals surface area contributed by atoms with Crippen LogP contribution in [0, 0.1) is 0 Å². The Morgan fingerprint density at radius 1 is 1.60 bits per heavy atom. The average Bonchev–Trinajstić information content (AvgIpc) is 2.98. The van der Waals surface area contributed by atoms with Crippen LogP contribution in [-0.2, 0) is 13.6 Å². The van der Waals surface area contributed by atoms with E-state index in [4.69, 9.17) is 5.73 Å². The highest BCUT2D eigenvalue weighted by atomic mass is 15.4. The normalized spacial score (nSPS) is 16.2. The van der Waals surface area contributed by atoms with Gasteiger partial charge in [-0.1, -0.05) is 5.21 Å². The predicted molar refractivity (Wildman–Crippen MR) is 58.1 cm³/mol. The Morgan fingerprint density at radius 2 is 2.40 bits per heavy atom. The van der Waals surface area contributed by atoms with Crippen molar-refractivity contribution in [2.45, 2.75) is 31.8 Å². The molecule has 84 valence electrons. The minimum atomic E-state index is 0.763. The van der Waals surface area contributed by atoms with Gasteiger partial charge in [0.05, 0.1) is 5.69 Å². The third kappa shape index (κ3) is 3.00. The van der Waals surface area contributed by atoms with E-state index in [0.717, 1.165) is 37.8 Å². The van der Waals surface area contributed by atoms with Crippen LogP contribution in [0.4, 0.5) is 0 Å². The molecule has 0 saturated heterocycles. The van der Waals surface area contributed by atoms with Crippen molar-refractivity contribution < 1.29 is 0 Å². The van der Waals surface area contributed by atoms with Gasteiger partial charge in [-0.05, 0) is 25.8 Å². The van der Waals surface area contributed by atoms with Crippen molar-refractivity contribution >= 4 is 0 Å². The molecule has 1 heterocycles. The molecule has 0 radical (unpaired) electrons. The van der Waals surface area contributed by atoms with E-state index >= 15 is 0 Å². The van der Waals surface area contributed by atoms with Gasteiger partial charge in [0.25, 0.3) is 0 Å².